The van der Waals surface area contributed by atoms with E-state index in [-0.39, 0.29) is 19.3 Å². The molecule has 0 radical (unpaired) electrons. The lowest BCUT2D eigenvalue weighted by atomic mass is 10.1. The third-order valence-electron chi connectivity index (χ3n) is 2.89. The van der Waals surface area contributed by atoms with Gasteiger partial charge in [0.25, 0.3) is 0 Å². The minimum Gasteiger partial charge on any atom is -0.389 e. The van der Waals surface area contributed by atoms with Crippen LogP contribution in [0.3, 0.4) is 0 Å². The molecule has 0 aliphatic rings. The normalized spacial score (nSPS) is 15.7. The molecule has 0 saturated heterocycles. The Labute approximate surface area is 113 Å². The number of nitrogens with one attached hydrogen (secondary N) is 1. The van der Waals surface area contributed by atoms with Crippen molar-refractivity contribution in [2.45, 2.75) is 32.1 Å². The van der Waals surface area contributed by atoms with E-state index in [2.05, 4.69) is 5.32 Å². The molecule has 0 bridgehead atoms. The highest BCUT2D eigenvalue weighted by Gasteiger charge is 2.12. The Bertz CT molecular complexity index is 384. The van der Waals surface area contributed by atoms with Crippen molar-refractivity contribution in [3.8, 4) is 0 Å². The zero-order valence-electron chi connectivity index (χ0n) is 11.4. The summed E-state index contributed by atoms with van der Waals surface area (Å²) in [6.07, 6.45) is -0.752. The van der Waals surface area contributed by atoms with E-state index in [1.165, 1.54) is 0 Å². The molecule has 3 unspecified atom stereocenters. The average molecular weight is 266 g/mol. The number of ether oxygens (including phenoxy) is 1. The molecule has 0 spiro atoms. The van der Waals surface area contributed by atoms with Crippen molar-refractivity contribution in [3.05, 3.63) is 35.9 Å². The Balaban J connectivity index is 2.26. The molecule has 5 heteroatoms. The highest BCUT2D eigenvalue weighted by molar-refractivity contribution is 5.79. The van der Waals surface area contributed by atoms with E-state index in [9.17, 15) is 9.90 Å². The number of aliphatic hydroxyl groups excluding tert-OH is 1. The molecule has 5 nitrogen and oxygen atoms in total. The van der Waals surface area contributed by atoms with E-state index >= 15 is 0 Å². The minimum absolute atomic E-state index is 0.0792. The predicted molar refractivity (Wildman–Crippen MR) is 73.5 cm³/mol. The molecular formula is C14H22N2O3. The molecular weight excluding hydrogens is 244 g/mol. The first kappa shape index (κ1) is 15.6. The van der Waals surface area contributed by atoms with E-state index in [0.29, 0.717) is 0 Å². The molecule has 0 heterocycles. The van der Waals surface area contributed by atoms with E-state index in [4.69, 9.17) is 10.5 Å². The quantitative estimate of drug-likeness (QED) is 0.643. The molecule has 0 aromatic heterocycles. The predicted octanol–water partition coefficient (Wildman–Crippen LogP) is 0.588. The van der Waals surface area contributed by atoms with Gasteiger partial charge in [0.15, 0.2) is 0 Å². The zero-order valence-corrected chi connectivity index (χ0v) is 11.4. The second-order valence-electron chi connectivity index (χ2n) is 4.57. The Morgan fingerprint density at radius 3 is 2.58 bits per heavy atom. The van der Waals surface area contributed by atoms with Gasteiger partial charge < -0.3 is 20.9 Å². The summed E-state index contributed by atoms with van der Waals surface area (Å²) in [5.41, 5.74) is 6.17. The van der Waals surface area contributed by atoms with Crippen LogP contribution in [0, 0.1) is 0 Å². The maximum atomic E-state index is 10.8. The van der Waals surface area contributed by atoms with Crippen molar-refractivity contribution < 1.29 is 14.6 Å². The van der Waals surface area contributed by atoms with Gasteiger partial charge in [-0.15, -0.1) is 0 Å². The van der Waals surface area contributed by atoms with Crippen LogP contribution in [0.4, 0.5) is 0 Å². The van der Waals surface area contributed by atoms with Crippen LogP contribution in [-0.2, 0) is 9.53 Å². The fourth-order valence-corrected chi connectivity index (χ4v) is 1.55. The molecule has 0 fully saturated rings. The summed E-state index contributed by atoms with van der Waals surface area (Å²) >= 11 is 0. The standard InChI is InChI=1S/C14H22N2O3/c1-10(14(15)18)16-8-13(17)9-19-11(2)12-6-4-3-5-7-12/h3-7,10-11,13,16-17H,8-9H2,1-2H3,(H2,15,18). The van der Waals surface area contributed by atoms with Crippen LogP contribution in [0.25, 0.3) is 0 Å². The molecule has 3 atom stereocenters. The fourth-order valence-electron chi connectivity index (χ4n) is 1.55. The summed E-state index contributed by atoms with van der Waals surface area (Å²) in [5, 5.41) is 12.6. The molecule has 1 aromatic carbocycles. The Morgan fingerprint density at radius 2 is 2.00 bits per heavy atom. The lowest BCUT2D eigenvalue weighted by Gasteiger charge is -2.18. The summed E-state index contributed by atoms with van der Waals surface area (Å²) in [6.45, 7) is 4.06. The van der Waals surface area contributed by atoms with Crippen LogP contribution >= 0.6 is 0 Å². The number of primary amides is 1. The minimum atomic E-state index is -0.673. The van der Waals surface area contributed by atoms with E-state index < -0.39 is 18.1 Å². The van der Waals surface area contributed by atoms with Crippen molar-refractivity contribution in [2.75, 3.05) is 13.2 Å². The monoisotopic (exact) mass is 266 g/mol. The number of aliphatic hydroxyl groups is 1. The Morgan fingerprint density at radius 1 is 1.37 bits per heavy atom. The molecule has 0 aliphatic heterocycles. The van der Waals surface area contributed by atoms with Crippen molar-refractivity contribution in [1.29, 1.82) is 0 Å². The van der Waals surface area contributed by atoms with Gasteiger partial charge in [0.2, 0.25) is 5.91 Å². The van der Waals surface area contributed by atoms with Crippen molar-refractivity contribution in [3.63, 3.8) is 0 Å². The van der Waals surface area contributed by atoms with Crippen LogP contribution in [0.5, 0.6) is 0 Å². The molecule has 1 amide bonds. The maximum absolute atomic E-state index is 10.8. The highest BCUT2D eigenvalue weighted by Crippen LogP contribution is 2.15. The van der Waals surface area contributed by atoms with Crippen LogP contribution in [0.2, 0.25) is 0 Å². The smallest absolute Gasteiger partial charge is 0.234 e. The molecule has 19 heavy (non-hydrogen) atoms. The molecule has 1 rings (SSSR count). The first-order valence-corrected chi connectivity index (χ1v) is 6.38. The topological polar surface area (TPSA) is 84.6 Å². The highest BCUT2D eigenvalue weighted by atomic mass is 16.5. The Hall–Kier alpha value is -1.43. The third-order valence-corrected chi connectivity index (χ3v) is 2.89. The van der Waals surface area contributed by atoms with E-state index in [0.717, 1.165) is 5.56 Å². The molecule has 4 N–H and O–H groups in total. The number of benzene rings is 1. The van der Waals surface area contributed by atoms with Gasteiger partial charge in [0.1, 0.15) is 0 Å². The fraction of sp³-hybridized carbons (Fsp3) is 0.500. The van der Waals surface area contributed by atoms with E-state index in [1.54, 1.807) is 6.92 Å². The SMILES string of the molecule is CC(NCC(O)COC(C)c1ccccc1)C(N)=O. The lowest BCUT2D eigenvalue weighted by molar-refractivity contribution is -0.119. The lowest BCUT2D eigenvalue weighted by Crippen LogP contribution is -2.43. The van der Waals surface area contributed by atoms with Gasteiger partial charge in [-0.2, -0.15) is 0 Å². The zero-order chi connectivity index (χ0) is 14.3. The maximum Gasteiger partial charge on any atom is 0.234 e. The van der Waals surface area contributed by atoms with Gasteiger partial charge in [-0.3, -0.25) is 4.79 Å². The van der Waals surface area contributed by atoms with Gasteiger partial charge in [-0.1, -0.05) is 30.3 Å². The number of hydrogen-bond acceptors (Lipinski definition) is 4. The van der Waals surface area contributed by atoms with Gasteiger partial charge in [-0.25, -0.2) is 0 Å². The van der Waals surface area contributed by atoms with Crippen LogP contribution < -0.4 is 11.1 Å². The van der Waals surface area contributed by atoms with Crippen molar-refractivity contribution >= 4 is 5.91 Å². The largest absolute Gasteiger partial charge is 0.389 e. The third kappa shape index (κ3) is 5.83. The molecule has 1 aromatic rings. The second-order valence-corrected chi connectivity index (χ2v) is 4.57. The Kier molecular flexibility index (Phi) is 6.49. The van der Waals surface area contributed by atoms with Crippen LogP contribution in [-0.4, -0.2) is 36.3 Å². The molecule has 0 aliphatic carbocycles. The number of rotatable bonds is 8. The summed E-state index contributed by atoms with van der Waals surface area (Å²) in [7, 11) is 0. The summed E-state index contributed by atoms with van der Waals surface area (Å²) < 4.78 is 5.58. The first-order valence-electron chi connectivity index (χ1n) is 6.38. The van der Waals surface area contributed by atoms with Gasteiger partial charge in [0.05, 0.1) is 24.9 Å². The van der Waals surface area contributed by atoms with Crippen molar-refractivity contribution in [2.24, 2.45) is 5.73 Å². The van der Waals surface area contributed by atoms with Gasteiger partial charge >= 0.3 is 0 Å². The summed E-state index contributed by atoms with van der Waals surface area (Å²) in [5.74, 6) is -0.439. The van der Waals surface area contributed by atoms with Crippen LogP contribution in [0.15, 0.2) is 30.3 Å². The number of nitrogens with two attached hydrogens (primary N) is 1. The van der Waals surface area contributed by atoms with Crippen molar-refractivity contribution in [1.82, 2.24) is 5.32 Å². The number of amides is 1. The number of carbonyl (C=O) groups is 1. The average Bonchev–Trinajstić information content (AvgIpc) is 2.42. The van der Waals surface area contributed by atoms with Gasteiger partial charge in [0, 0.05) is 6.54 Å². The van der Waals surface area contributed by atoms with Gasteiger partial charge in [-0.05, 0) is 19.4 Å². The second kappa shape index (κ2) is 7.89. The first-order chi connectivity index (χ1) is 9.00. The summed E-state index contributed by atoms with van der Waals surface area (Å²) in [4.78, 5) is 10.8. The number of carbonyl (C=O) groups excluding carboxylic acids is 1. The molecule has 106 valence electrons. The van der Waals surface area contributed by atoms with Crippen LogP contribution in [0.1, 0.15) is 25.5 Å². The number of hydrogen-bond donors (Lipinski definition) is 3. The van der Waals surface area contributed by atoms with E-state index in [1.807, 2.05) is 37.3 Å². The molecule has 0 saturated carbocycles. The summed E-state index contributed by atoms with van der Waals surface area (Å²) in [6, 6.07) is 9.33.